The van der Waals surface area contributed by atoms with Crippen LogP contribution in [0.15, 0.2) is 26.4 Å². The van der Waals surface area contributed by atoms with Crippen molar-refractivity contribution in [3.8, 4) is 0 Å². The lowest BCUT2D eigenvalue weighted by molar-refractivity contribution is 0.599. The second-order valence-electron chi connectivity index (χ2n) is 4.13. The van der Waals surface area contributed by atoms with Crippen LogP contribution in [0.3, 0.4) is 0 Å². The quantitative estimate of drug-likeness (QED) is 0.632. The van der Waals surface area contributed by atoms with Gasteiger partial charge >= 0.3 is 0 Å². The van der Waals surface area contributed by atoms with Crippen molar-refractivity contribution < 1.29 is 8.42 Å². The van der Waals surface area contributed by atoms with Crippen LogP contribution >= 0.6 is 27.7 Å². The Bertz CT molecular complexity index is 515. The third kappa shape index (κ3) is 4.26. The van der Waals surface area contributed by atoms with Crippen LogP contribution < -0.4 is 5.73 Å². The molecule has 0 unspecified atom stereocenters. The summed E-state index contributed by atoms with van der Waals surface area (Å²) in [5, 5.41) is 0. The number of hydrogen-bond donors (Lipinski definition) is 1. The zero-order chi connectivity index (χ0) is 13.8. The highest BCUT2D eigenvalue weighted by Gasteiger charge is 2.16. The molecule has 0 fully saturated rings. The van der Waals surface area contributed by atoms with Crippen LogP contribution in [0.1, 0.15) is 18.4 Å². The van der Waals surface area contributed by atoms with Crippen molar-refractivity contribution in [2.45, 2.75) is 29.1 Å². The standard InChI is InChI=1S/C12H18BrNO2S2/c1-17-12-10(13)7-9(5-3-4-6-14)8-11(12)18(2,15)16/h7-8H,3-6,14H2,1-2H3. The highest BCUT2D eigenvalue weighted by atomic mass is 79.9. The molecule has 0 amide bonds. The number of aryl methyl sites for hydroxylation is 1. The van der Waals surface area contributed by atoms with Gasteiger partial charge in [0.25, 0.3) is 0 Å². The molecule has 18 heavy (non-hydrogen) atoms. The molecule has 0 aliphatic carbocycles. The SMILES string of the molecule is CSc1c(Br)cc(CCCCN)cc1S(C)(=O)=O. The Hall–Kier alpha value is -0.0400. The maximum atomic E-state index is 11.8. The Kier molecular flexibility index (Phi) is 6.17. The molecule has 6 heteroatoms. The van der Waals surface area contributed by atoms with Crippen molar-refractivity contribution in [1.82, 2.24) is 0 Å². The van der Waals surface area contributed by atoms with Crippen LogP contribution in [0.2, 0.25) is 0 Å². The third-order valence-corrected chi connectivity index (χ3v) is 5.58. The lowest BCUT2D eigenvalue weighted by atomic mass is 10.1. The highest BCUT2D eigenvalue weighted by Crippen LogP contribution is 2.34. The van der Waals surface area contributed by atoms with Crippen molar-refractivity contribution in [3.05, 3.63) is 22.2 Å². The summed E-state index contributed by atoms with van der Waals surface area (Å²) in [5.74, 6) is 0. The summed E-state index contributed by atoms with van der Waals surface area (Å²) in [7, 11) is -3.20. The Morgan fingerprint density at radius 3 is 2.50 bits per heavy atom. The summed E-state index contributed by atoms with van der Waals surface area (Å²) in [5.41, 5.74) is 6.49. The minimum absolute atomic E-state index is 0.409. The molecule has 0 radical (unpaired) electrons. The van der Waals surface area contributed by atoms with Gasteiger partial charge in [0, 0.05) is 15.6 Å². The summed E-state index contributed by atoms with van der Waals surface area (Å²) in [6.45, 7) is 0.670. The molecule has 1 aromatic carbocycles. The van der Waals surface area contributed by atoms with E-state index < -0.39 is 9.84 Å². The molecule has 0 aliphatic heterocycles. The second kappa shape index (κ2) is 6.93. The average molecular weight is 352 g/mol. The summed E-state index contributed by atoms with van der Waals surface area (Å²) >= 11 is 4.89. The molecule has 0 atom stereocenters. The number of rotatable bonds is 6. The van der Waals surface area contributed by atoms with Crippen molar-refractivity contribution in [3.63, 3.8) is 0 Å². The van der Waals surface area contributed by atoms with E-state index in [9.17, 15) is 8.42 Å². The van der Waals surface area contributed by atoms with Crippen LogP contribution in [0.4, 0.5) is 0 Å². The summed E-state index contributed by atoms with van der Waals surface area (Å²) in [6, 6.07) is 3.78. The fourth-order valence-corrected chi connectivity index (χ4v) is 4.87. The van der Waals surface area contributed by atoms with Gasteiger partial charge < -0.3 is 5.73 Å². The Labute approximate surface area is 122 Å². The van der Waals surface area contributed by atoms with Crippen LogP contribution in [0.5, 0.6) is 0 Å². The summed E-state index contributed by atoms with van der Waals surface area (Å²) < 4.78 is 24.4. The third-order valence-electron chi connectivity index (χ3n) is 2.59. The molecule has 1 aromatic rings. The first-order chi connectivity index (χ1) is 8.40. The Morgan fingerprint density at radius 1 is 1.33 bits per heavy atom. The first kappa shape index (κ1) is 16.0. The molecule has 0 saturated carbocycles. The molecule has 0 bridgehead atoms. The molecule has 0 aliphatic rings. The number of unbranched alkanes of at least 4 members (excludes halogenated alkanes) is 1. The van der Waals surface area contributed by atoms with Crippen LogP contribution in [0.25, 0.3) is 0 Å². The van der Waals surface area contributed by atoms with E-state index in [1.165, 1.54) is 18.0 Å². The topological polar surface area (TPSA) is 60.2 Å². The lowest BCUT2D eigenvalue weighted by Crippen LogP contribution is -2.03. The van der Waals surface area contributed by atoms with Crippen molar-refractivity contribution in [2.24, 2.45) is 5.73 Å². The van der Waals surface area contributed by atoms with Gasteiger partial charge in [0.1, 0.15) is 0 Å². The number of thioether (sulfide) groups is 1. The molecule has 2 N–H and O–H groups in total. The maximum Gasteiger partial charge on any atom is 0.176 e. The maximum absolute atomic E-state index is 11.8. The van der Waals surface area contributed by atoms with E-state index in [2.05, 4.69) is 15.9 Å². The van der Waals surface area contributed by atoms with E-state index in [1.807, 2.05) is 12.3 Å². The number of hydrogen-bond acceptors (Lipinski definition) is 4. The number of sulfone groups is 1. The van der Waals surface area contributed by atoms with Gasteiger partial charge in [-0.2, -0.15) is 0 Å². The fraction of sp³-hybridized carbons (Fsp3) is 0.500. The van der Waals surface area contributed by atoms with Gasteiger partial charge in [0.15, 0.2) is 9.84 Å². The van der Waals surface area contributed by atoms with Crippen LogP contribution in [0, 0.1) is 0 Å². The van der Waals surface area contributed by atoms with Gasteiger partial charge in [-0.25, -0.2) is 8.42 Å². The van der Waals surface area contributed by atoms with Gasteiger partial charge in [0.2, 0.25) is 0 Å². The first-order valence-corrected chi connectivity index (χ1v) is 9.57. The summed E-state index contributed by atoms with van der Waals surface area (Å²) in [4.78, 5) is 1.19. The fourth-order valence-electron chi connectivity index (χ4n) is 1.71. The van der Waals surface area contributed by atoms with Crippen LogP contribution in [-0.2, 0) is 16.3 Å². The molecular weight excluding hydrogens is 334 g/mol. The Morgan fingerprint density at radius 2 is 2.00 bits per heavy atom. The van der Waals surface area contributed by atoms with E-state index in [0.29, 0.717) is 11.4 Å². The van der Waals surface area contributed by atoms with Gasteiger partial charge in [-0.15, -0.1) is 11.8 Å². The molecule has 0 saturated heterocycles. The number of nitrogens with two attached hydrogens (primary N) is 1. The van der Waals surface area contributed by atoms with Gasteiger partial charge in [0.05, 0.1) is 4.90 Å². The number of halogens is 1. The first-order valence-electron chi connectivity index (χ1n) is 5.66. The van der Waals surface area contributed by atoms with Crippen molar-refractivity contribution in [1.29, 1.82) is 0 Å². The zero-order valence-corrected chi connectivity index (χ0v) is 13.8. The van der Waals surface area contributed by atoms with E-state index in [4.69, 9.17) is 5.73 Å². The summed E-state index contributed by atoms with van der Waals surface area (Å²) in [6.07, 6.45) is 5.91. The molecule has 1 rings (SSSR count). The minimum atomic E-state index is -3.20. The Balaban J connectivity index is 3.15. The van der Waals surface area contributed by atoms with E-state index >= 15 is 0 Å². The second-order valence-corrected chi connectivity index (χ2v) is 7.78. The largest absolute Gasteiger partial charge is 0.330 e. The smallest absolute Gasteiger partial charge is 0.176 e. The number of benzene rings is 1. The van der Waals surface area contributed by atoms with E-state index in [0.717, 1.165) is 34.2 Å². The molecular formula is C12H18BrNO2S2. The monoisotopic (exact) mass is 351 g/mol. The molecule has 102 valence electrons. The van der Waals surface area contributed by atoms with Crippen molar-refractivity contribution in [2.75, 3.05) is 19.1 Å². The van der Waals surface area contributed by atoms with E-state index in [1.54, 1.807) is 6.07 Å². The average Bonchev–Trinajstić information content (AvgIpc) is 2.27. The molecule has 0 spiro atoms. The zero-order valence-electron chi connectivity index (χ0n) is 10.6. The molecule has 0 aromatic heterocycles. The van der Waals surface area contributed by atoms with Gasteiger partial charge in [-0.05, 0) is 65.7 Å². The van der Waals surface area contributed by atoms with E-state index in [-0.39, 0.29) is 0 Å². The van der Waals surface area contributed by atoms with Gasteiger partial charge in [-0.3, -0.25) is 0 Å². The lowest BCUT2D eigenvalue weighted by Gasteiger charge is -2.11. The van der Waals surface area contributed by atoms with Crippen molar-refractivity contribution >= 4 is 37.5 Å². The van der Waals surface area contributed by atoms with Gasteiger partial charge in [-0.1, -0.05) is 0 Å². The molecule has 3 nitrogen and oxygen atoms in total. The normalized spacial score (nSPS) is 11.8. The molecule has 0 heterocycles. The predicted molar refractivity (Wildman–Crippen MR) is 81.0 cm³/mol. The van der Waals surface area contributed by atoms with Crippen LogP contribution in [-0.4, -0.2) is 27.5 Å². The predicted octanol–water partition coefficient (Wildman–Crippen LogP) is 2.86. The highest BCUT2D eigenvalue weighted by molar-refractivity contribution is 9.10. The minimum Gasteiger partial charge on any atom is -0.330 e.